The van der Waals surface area contributed by atoms with Crippen LogP contribution in [0.25, 0.3) is 0 Å². The summed E-state index contributed by atoms with van der Waals surface area (Å²) in [6.45, 7) is 7.49. The molecular weight excluding hydrogens is 286 g/mol. The van der Waals surface area contributed by atoms with Crippen molar-refractivity contribution >= 4 is 0 Å². The van der Waals surface area contributed by atoms with Crippen LogP contribution in [0, 0.1) is 22.7 Å². The van der Waals surface area contributed by atoms with E-state index in [-0.39, 0.29) is 12.0 Å². The summed E-state index contributed by atoms with van der Waals surface area (Å²) in [5, 5.41) is 14.0. The molecule has 0 fully saturated rings. The van der Waals surface area contributed by atoms with Crippen molar-refractivity contribution in [3.8, 4) is 0 Å². The summed E-state index contributed by atoms with van der Waals surface area (Å²) in [6, 6.07) is 0. The zero-order chi connectivity index (χ0) is 16.2. The lowest BCUT2D eigenvalue weighted by Crippen LogP contribution is -2.44. The first-order valence-electron chi connectivity index (χ1n) is 9.19. The standard InChI is InChI=1S/C20H29NO2/c1-19(2)7-6-13-8-15(4-5-17(13)19)20(3)10-14-11-21-23-18(14)9-16(20)12-22/h11,15-16,22H,4-10,12H2,1-3H3. The number of hydrogen-bond donors (Lipinski definition) is 1. The predicted molar refractivity (Wildman–Crippen MR) is 90.0 cm³/mol. The Kier molecular flexibility index (Phi) is 3.49. The second-order valence-corrected chi connectivity index (χ2v) is 8.95. The molecule has 1 N–H and O–H groups in total. The summed E-state index contributed by atoms with van der Waals surface area (Å²) in [7, 11) is 0. The first-order chi connectivity index (χ1) is 10.9. The molecule has 0 amide bonds. The van der Waals surface area contributed by atoms with E-state index in [1.807, 2.05) is 6.20 Å². The molecule has 0 spiro atoms. The molecule has 0 radical (unpaired) electrons. The Bertz CT molecular complexity index is 642. The highest BCUT2D eigenvalue weighted by atomic mass is 16.5. The Morgan fingerprint density at radius 2 is 2.09 bits per heavy atom. The van der Waals surface area contributed by atoms with Crippen LogP contribution in [-0.2, 0) is 12.8 Å². The van der Waals surface area contributed by atoms with E-state index in [1.165, 1.54) is 37.7 Å². The van der Waals surface area contributed by atoms with Crippen molar-refractivity contribution in [1.29, 1.82) is 0 Å². The van der Waals surface area contributed by atoms with Gasteiger partial charge < -0.3 is 9.63 Å². The molecule has 0 bridgehead atoms. The second-order valence-electron chi connectivity index (χ2n) is 8.95. The average Bonchev–Trinajstić information content (AvgIpc) is 3.10. The molecule has 3 unspecified atom stereocenters. The van der Waals surface area contributed by atoms with Crippen molar-refractivity contribution in [3.63, 3.8) is 0 Å². The van der Waals surface area contributed by atoms with Gasteiger partial charge >= 0.3 is 0 Å². The zero-order valence-corrected chi connectivity index (χ0v) is 14.7. The molecule has 126 valence electrons. The number of aromatic nitrogens is 1. The van der Waals surface area contributed by atoms with Gasteiger partial charge in [0.15, 0.2) is 0 Å². The van der Waals surface area contributed by atoms with E-state index >= 15 is 0 Å². The Hall–Kier alpha value is -1.09. The summed E-state index contributed by atoms with van der Waals surface area (Å²) < 4.78 is 5.39. The second kappa shape index (κ2) is 5.20. The quantitative estimate of drug-likeness (QED) is 0.827. The van der Waals surface area contributed by atoms with E-state index in [1.54, 1.807) is 11.1 Å². The molecular formula is C20H29NO2. The van der Waals surface area contributed by atoms with Crippen molar-refractivity contribution in [2.24, 2.45) is 22.7 Å². The minimum atomic E-state index is 0.165. The summed E-state index contributed by atoms with van der Waals surface area (Å²) >= 11 is 0. The number of nitrogens with zero attached hydrogens (tertiary/aromatic N) is 1. The normalized spacial score (nSPS) is 36.0. The monoisotopic (exact) mass is 315 g/mol. The van der Waals surface area contributed by atoms with Gasteiger partial charge in [0.25, 0.3) is 0 Å². The maximum Gasteiger partial charge on any atom is 0.140 e. The molecule has 3 atom stereocenters. The van der Waals surface area contributed by atoms with Gasteiger partial charge in [0.05, 0.1) is 6.20 Å². The smallest absolute Gasteiger partial charge is 0.140 e. The third-order valence-electron chi connectivity index (χ3n) is 7.35. The highest BCUT2D eigenvalue weighted by molar-refractivity contribution is 5.31. The molecule has 3 aliphatic carbocycles. The van der Waals surface area contributed by atoms with Gasteiger partial charge in [0, 0.05) is 18.6 Å². The molecule has 1 aromatic rings. The Labute approximate surface area is 139 Å². The van der Waals surface area contributed by atoms with E-state index in [9.17, 15) is 5.11 Å². The highest BCUT2D eigenvalue weighted by Gasteiger charge is 2.48. The molecule has 3 nitrogen and oxygen atoms in total. The molecule has 3 aliphatic rings. The van der Waals surface area contributed by atoms with Gasteiger partial charge in [0.2, 0.25) is 0 Å². The van der Waals surface area contributed by atoms with Gasteiger partial charge in [-0.25, -0.2) is 0 Å². The fourth-order valence-corrected chi connectivity index (χ4v) is 5.62. The highest BCUT2D eigenvalue weighted by Crippen LogP contribution is 2.56. The molecule has 23 heavy (non-hydrogen) atoms. The fraction of sp³-hybridized carbons (Fsp3) is 0.750. The lowest BCUT2D eigenvalue weighted by atomic mass is 9.57. The number of allylic oxidation sites excluding steroid dienone is 2. The van der Waals surface area contributed by atoms with Crippen LogP contribution in [0.3, 0.4) is 0 Å². The van der Waals surface area contributed by atoms with Gasteiger partial charge in [-0.15, -0.1) is 0 Å². The maximum atomic E-state index is 10.0. The van der Waals surface area contributed by atoms with E-state index < -0.39 is 0 Å². The topological polar surface area (TPSA) is 46.3 Å². The van der Waals surface area contributed by atoms with Crippen molar-refractivity contribution in [2.75, 3.05) is 6.61 Å². The number of fused-ring (bicyclic) bond motifs is 1. The third kappa shape index (κ3) is 2.31. The first kappa shape index (κ1) is 15.4. The van der Waals surface area contributed by atoms with Crippen LogP contribution in [0.5, 0.6) is 0 Å². The van der Waals surface area contributed by atoms with Crippen molar-refractivity contribution in [3.05, 3.63) is 28.7 Å². The summed E-state index contributed by atoms with van der Waals surface area (Å²) in [5.41, 5.74) is 5.34. The van der Waals surface area contributed by atoms with Crippen LogP contribution in [-0.4, -0.2) is 16.9 Å². The van der Waals surface area contributed by atoms with Crippen LogP contribution in [0.15, 0.2) is 21.9 Å². The SMILES string of the molecule is CC1(C)CCC2=C1CCC(C1(C)Cc3cnoc3CC1CO)C2. The van der Waals surface area contributed by atoms with Crippen LogP contribution in [0.2, 0.25) is 0 Å². The Balaban J connectivity index is 1.63. The van der Waals surface area contributed by atoms with E-state index in [0.29, 0.717) is 17.3 Å². The van der Waals surface area contributed by atoms with Crippen LogP contribution >= 0.6 is 0 Å². The molecule has 0 aliphatic heterocycles. The lowest BCUT2D eigenvalue weighted by molar-refractivity contribution is 0.0239. The molecule has 3 heteroatoms. The van der Waals surface area contributed by atoms with E-state index in [4.69, 9.17) is 4.52 Å². The number of aliphatic hydroxyl groups excluding tert-OH is 1. The molecule has 1 aromatic heterocycles. The maximum absolute atomic E-state index is 10.0. The number of rotatable bonds is 2. The van der Waals surface area contributed by atoms with Crippen LogP contribution in [0.1, 0.15) is 64.2 Å². The van der Waals surface area contributed by atoms with Gasteiger partial charge in [-0.05, 0) is 61.2 Å². The van der Waals surface area contributed by atoms with Crippen molar-refractivity contribution in [2.45, 2.75) is 65.7 Å². The van der Waals surface area contributed by atoms with Gasteiger partial charge in [0.1, 0.15) is 5.76 Å². The molecule has 0 saturated heterocycles. The minimum Gasteiger partial charge on any atom is -0.396 e. The lowest BCUT2D eigenvalue weighted by Gasteiger charge is -2.47. The van der Waals surface area contributed by atoms with Crippen molar-refractivity contribution < 1.29 is 9.63 Å². The first-order valence-corrected chi connectivity index (χ1v) is 9.19. The Morgan fingerprint density at radius 1 is 1.26 bits per heavy atom. The molecule has 1 heterocycles. The summed E-state index contributed by atoms with van der Waals surface area (Å²) in [6.07, 6.45) is 10.1. The zero-order valence-electron chi connectivity index (χ0n) is 14.7. The largest absolute Gasteiger partial charge is 0.396 e. The number of aliphatic hydroxyl groups is 1. The molecule has 4 rings (SSSR count). The molecule has 0 aromatic carbocycles. The van der Waals surface area contributed by atoms with Crippen LogP contribution in [0.4, 0.5) is 0 Å². The van der Waals surface area contributed by atoms with Gasteiger partial charge in [-0.2, -0.15) is 0 Å². The minimum absolute atomic E-state index is 0.165. The fourth-order valence-electron chi connectivity index (χ4n) is 5.62. The third-order valence-corrected chi connectivity index (χ3v) is 7.35. The summed E-state index contributed by atoms with van der Waals surface area (Å²) in [5.74, 6) is 1.97. The Morgan fingerprint density at radius 3 is 2.87 bits per heavy atom. The van der Waals surface area contributed by atoms with Gasteiger partial charge in [-0.3, -0.25) is 0 Å². The average molecular weight is 315 g/mol. The van der Waals surface area contributed by atoms with Crippen molar-refractivity contribution in [1.82, 2.24) is 5.16 Å². The predicted octanol–water partition coefficient (Wildman–Crippen LogP) is 4.30. The summed E-state index contributed by atoms with van der Waals surface area (Å²) in [4.78, 5) is 0. The van der Waals surface area contributed by atoms with Crippen LogP contribution < -0.4 is 0 Å². The number of hydrogen-bond acceptors (Lipinski definition) is 3. The van der Waals surface area contributed by atoms with Gasteiger partial charge in [-0.1, -0.05) is 37.1 Å². The van der Waals surface area contributed by atoms with E-state index in [0.717, 1.165) is 18.6 Å². The van der Waals surface area contributed by atoms with E-state index in [2.05, 4.69) is 25.9 Å². The molecule has 0 saturated carbocycles.